The molecule has 0 bridgehead atoms. The molecule has 0 aliphatic carbocycles. The Morgan fingerprint density at radius 1 is 1.13 bits per heavy atom. The van der Waals surface area contributed by atoms with Crippen LogP contribution in [-0.4, -0.2) is 12.6 Å². The zero-order valence-electron chi connectivity index (χ0n) is 14.0. The van der Waals surface area contributed by atoms with Gasteiger partial charge in [-0.25, -0.2) is 0 Å². The van der Waals surface area contributed by atoms with E-state index >= 15 is 0 Å². The van der Waals surface area contributed by atoms with Crippen LogP contribution in [0, 0.1) is 0 Å². The predicted molar refractivity (Wildman–Crippen MR) is 100 cm³/mol. The largest absolute Gasteiger partial charge is 0.490 e. The van der Waals surface area contributed by atoms with Crippen LogP contribution >= 0.6 is 23.7 Å². The van der Waals surface area contributed by atoms with E-state index in [9.17, 15) is 0 Å². The van der Waals surface area contributed by atoms with Crippen LogP contribution in [0.4, 0.5) is 0 Å². The molecule has 1 unspecified atom stereocenters. The summed E-state index contributed by atoms with van der Waals surface area (Å²) in [6, 6.07) is 10.8. The van der Waals surface area contributed by atoms with Crippen molar-refractivity contribution in [3.63, 3.8) is 0 Å². The van der Waals surface area contributed by atoms with Gasteiger partial charge in [-0.2, -0.15) is 0 Å². The van der Waals surface area contributed by atoms with Gasteiger partial charge in [0.05, 0.1) is 6.61 Å². The van der Waals surface area contributed by atoms with Gasteiger partial charge in [0, 0.05) is 17.5 Å². The molecule has 3 nitrogen and oxygen atoms in total. The maximum Gasteiger partial charge on any atom is 0.161 e. The van der Waals surface area contributed by atoms with Crippen LogP contribution in [0.2, 0.25) is 0 Å². The molecule has 1 atom stereocenters. The van der Waals surface area contributed by atoms with Crippen molar-refractivity contribution in [3.05, 3.63) is 46.2 Å². The second kappa shape index (κ2) is 10.5. The molecule has 0 spiro atoms. The minimum absolute atomic E-state index is 0. The summed E-state index contributed by atoms with van der Waals surface area (Å²) in [6.07, 6.45) is 1.13. The van der Waals surface area contributed by atoms with Crippen molar-refractivity contribution in [3.8, 4) is 11.5 Å². The molecule has 2 rings (SSSR count). The lowest BCUT2D eigenvalue weighted by atomic mass is 10.1. The average molecular weight is 356 g/mol. The zero-order chi connectivity index (χ0) is 15.8. The van der Waals surface area contributed by atoms with Crippen LogP contribution in [-0.2, 0) is 13.2 Å². The highest BCUT2D eigenvalue weighted by Gasteiger charge is 2.08. The molecule has 1 aromatic carbocycles. The molecule has 0 saturated carbocycles. The third-order valence-electron chi connectivity index (χ3n) is 3.53. The SMILES string of the molecule is CCOc1cc(CNC(C)CC)ccc1OCc1cccs1.Cl. The average Bonchev–Trinajstić information content (AvgIpc) is 3.05. The number of hydrogen-bond acceptors (Lipinski definition) is 4. The van der Waals surface area contributed by atoms with Crippen LogP contribution < -0.4 is 14.8 Å². The number of rotatable bonds is 9. The van der Waals surface area contributed by atoms with E-state index in [0.717, 1.165) is 24.5 Å². The summed E-state index contributed by atoms with van der Waals surface area (Å²) in [6.45, 7) is 8.44. The molecule has 5 heteroatoms. The highest BCUT2D eigenvalue weighted by Crippen LogP contribution is 2.29. The Labute approximate surface area is 149 Å². The van der Waals surface area contributed by atoms with Gasteiger partial charge in [-0.05, 0) is 49.4 Å². The minimum Gasteiger partial charge on any atom is -0.490 e. The fraction of sp³-hybridized carbons (Fsp3) is 0.444. The first-order chi connectivity index (χ1) is 10.7. The normalized spacial score (nSPS) is 11.6. The van der Waals surface area contributed by atoms with Crippen LogP contribution in [0.3, 0.4) is 0 Å². The fourth-order valence-corrected chi connectivity index (χ4v) is 2.65. The molecular weight excluding hydrogens is 330 g/mol. The summed E-state index contributed by atoms with van der Waals surface area (Å²) in [5.41, 5.74) is 1.22. The Hall–Kier alpha value is -1.23. The van der Waals surface area contributed by atoms with E-state index in [-0.39, 0.29) is 12.4 Å². The van der Waals surface area contributed by atoms with Crippen molar-refractivity contribution in [1.29, 1.82) is 0 Å². The lowest BCUT2D eigenvalue weighted by molar-refractivity contribution is 0.271. The number of ether oxygens (including phenoxy) is 2. The highest BCUT2D eigenvalue weighted by atomic mass is 35.5. The highest BCUT2D eigenvalue weighted by molar-refractivity contribution is 7.09. The molecule has 0 fully saturated rings. The van der Waals surface area contributed by atoms with E-state index in [1.54, 1.807) is 11.3 Å². The summed E-state index contributed by atoms with van der Waals surface area (Å²) in [4.78, 5) is 1.21. The maximum atomic E-state index is 5.90. The van der Waals surface area contributed by atoms with Gasteiger partial charge in [-0.1, -0.05) is 19.1 Å². The predicted octanol–water partition coefficient (Wildman–Crippen LogP) is 5.04. The van der Waals surface area contributed by atoms with Crippen LogP contribution in [0.25, 0.3) is 0 Å². The van der Waals surface area contributed by atoms with Crippen LogP contribution in [0.5, 0.6) is 11.5 Å². The molecule has 128 valence electrons. The summed E-state index contributed by atoms with van der Waals surface area (Å²) in [7, 11) is 0. The standard InChI is InChI=1S/C18H25NO2S.ClH/c1-4-14(3)19-12-15-8-9-17(18(11-15)20-5-2)21-13-16-7-6-10-22-16;/h6-11,14,19H,4-5,12-13H2,1-3H3;1H. The van der Waals surface area contributed by atoms with Crippen molar-refractivity contribution >= 4 is 23.7 Å². The molecule has 1 N–H and O–H groups in total. The summed E-state index contributed by atoms with van der Waals surface area (Å²) in [5, 5.41) is 5.56. The molecule has 23 heavy (non-hydrogen) atoms. The first kappa shape index (κ1) is 19.8. The molecule has 1 aromatic heterocycles. The number of benzene rings is 1. The first-order valence-corrected chi connectivity index (χ1v) is 8.75. The second-order valence-electron chi connectivity index (χ2n) is 5.27. The molecule has 0 aliphatic heterocycles. The molecule has 2 aromatic rings. The Balaban J connectivity index is 0.00000264. The van der Waals surface area contributed by atoms with Gasteiger partial charge in [-0.3, -0.25) is 0 Å². The lowest BCUT2D eigenvalue weighted by Crippen LogP contribution is -2.24. The third-order valence-corrected chi connectivity index (χ3v) is 4.37. The monoisotopic (exact) mass is 355 g/mol. The van der Waals surface area contributed by atoms with E-state index in [1.807, 2.05) is 19.1 Å². The van der Waals surface area contributed by atoms with Gasteiger partial charge in [-0.15, -0.1) is 23.7 Å². The topological polar surface area (TPSA) is 30.5 Å². The van der Waals surface area contributed by atoms with Gasteiger partial charge in [0.25, 0.3) is 0 Å². The Morgan fingerprint density at radius 3 is 2.61 bits per heavy atom. The van der Waals surface area contributed by atoms with Gasteiger partial charge < -0.3 is 14.8 Å². The van der Waals surface area contributed by atoms with Crippen LogP contribution in [0.15, 0.2) is 35.7 Å². The van der Waals surface area contributed by atoms with E-state index in [4.69, 9.17) is 9.47 Å². The molecule has 0 aliphatic rings. The van der Waals surface area contributed by atoms with E-state index in [2.05, 4.69) is 42.7 Å². The van der Waals surface area contributed by atoms with E-state index in [0.29, 0.717) is 19.3 Å². The van der Waals surface area contributed by atoms with Crippen molar-refractivity contribution in [2.45, 2.75) is 46.4 Å². The minimum atomic E-state index is 0. The van der Waals surface area contributed by atoms with Crippen LogP contribution in [0.1, 0.15) is 37.6 Å². The van der Waals surface area contributed by atoms with Crippen molar-refractivity contribution < 1.29 is 9.47 Å². The summed E-state index contributed by atoms with van der Waals surface area (Å²) >= 11 is 1.70. The van der Waals surface area contributed by atoms with Crippen molar-refractivity contribution in [2.75, 3.05) is 6.61 Å². The Morgan fingerprint density at radius 2 is 1.96 bits per heavy atom. The lowest BCUT2D eigenvalue weighted by Gasteiger charge is -2.15. The second-order valence-corrected chi connectivity index (χ2v) is 6.30. The first-order valence-electron chi connectivity index (χ1n) is 7.87. The molecular formula is C18H26ClNO2S. The zero-order valence-corrected chi connectivity index (χ0v) is 15.6. The number of thiophene rings is 1. The van der Waals surface area contributed by atoms with E-state index < -0.39 is 0 Å². The van der Waals surface area contributed by atoms with Crippen molar-refractivity contribution in [1.82, 2.24) is 5.32 Å². The smallest absolute Gasteiger partial charge is 0.161 e. The molecule has 0 radical (unpaired) electrons. The molecule has 0 amide bonds. The fourth-order valence-electron chi connectivity index (χ4n) is 2.03. The summed E-state index contributed by atoms with van der Waals surface area (Å²) in [5.74, 6) is 1.63. The van der Waals surface area contributed by atoms with Gasteiger partial charge in [0.15, 0.2) is 11.5 Å². The van der Waals surface area contributed by atoms with Gasteiger partial charge >= 0.3 is 0 Å². The number of hydrogen-bond donors (Lipinski definition) is 1. The van der Waals surface area contributed by atoms with Gasteiger partial charge in [0.2, 0.25) is 0 Å². The number of nitrogens with one attached hydrogen (secondary N) is 1. The third kappa shape index (κ3) is 6.42. The maximum absolute atomic E-state index is 5.90. The van der Waals surface area contributed by atoms with Crippen molar-refractivity contribution in [2.24, 2.45) is 0 Å². The Bertz CT molecular complexity index is 560. The number of halogens is 1. The van der Waals surface area contributed by atoms with E-state index in [1.165, 1.54) is 10.4 Å². The molecule has 1 heterocycles. The summed E-state index contributed by atoms with van der Waals surface area (Å²) < 4.78 is 11.6. The quantitative estimate of drug-likeness (QED) is 0.683. The molecule has 0 saturated heterocycles. The Kier molecular flexibility index (Phi) is 9.07. The van der Waals surface area contributed by atoms with Gasteiger partial charge in [0.1, 0.15) is 6.61 Å².